The molecule has 1 aromatic heterocycles. The van der Waals surface area contributed by atoms with Crippen LogP contribution in [0.25, 0.3) is 0 Å². The summed E-state index contributed by atoms with van der Waals surface area (Å²) in [6, 6.07) is 11.9. The van der Waals surface area contributed by atoms with Crippen molar-refractivity contribution in [1.29, 1.82) is 0 Å². The van der Waals surface area contributed by atoms with Gasteiger partial charge in [-0.1, -0.05) is 18.2 Å². The summed E-state index contributed by atoms with van der Waals surface area (Å²) < 4.78 is 0. The third-order valence-corrected chi connectivity index (χ3v) is 4.36. The van der Waals surface area contributed by atoms with E-state index in [4.69, 9.17) is 0 Å². The number of nitrogens with zero attached hydrogens (tertiary/aromatic N) is 3. The Hall–Kier alpha value is -2.56. The van der Waals surface area contributed by atoms with Crippen LogP contribution in [-0.2, 0) is 6.54 Å². The number of pyridine rings is 1. The number of hydrogen-bond donors (Lipinski definition) is 1. The largest absolute Gasteiger partial charge is 0.371 e. The zero-order chi connectivity index (χ0) is 16.8. The maximum Gasteiger partial charge on any atom is 0.321 e. The number of anilines is 2. The number of carbonyl (C=O) groups excluding carboxylic acids is 1. The molecule has 2 amide bonds. The molecule has 1 saturated heterocycles. The second-order valence-electron chi connectivity index (χ2n) is 6.20. The number of nitrogens with one attached hydrogen (secondary N) is 1. The van der Waals surface area contributed by atoms with Crippen LogP contribution in [0, 0.1) is 0 Å². The van der Waals surface area contributed by atoms with E-state index in [0.717, 1.165) is 13.1 Å². The van der Waals surface area contributed by atoms with Gasteiger partial charge in [-0.2, -0.15) is 0 Å². The number of aromatic nitrogens is 1. The molecule has 0 unspecified atom stereocenters. The van der Waals surface area contributed by atoms with Crippen LogP contribution in [0.5, 0.6) is 0 Å². The van der Waals surface area contributed by atoms with Crippen molar-refractivity contribution in [2.75, 3.05) is 30.4 Å². The van der Waals surface area contributed by atoms with E-state index in [1.54, 1.807) is 23.4 Å². The summed E-state index contributed by atoms with van der Waals surface area (Å²) in [7, 11) is 1.82. The van der Waals surface area contributed by atoms with Crippen molar-refractivity contribution >= 4 is 17.4 Å². The molecule has 24 heavy (non-hydrogen) atoms. The van der Waals surface area contributed by atoms with Crippen molar-refractivity contribution in [1.82, 2.24) is 9.88 Å². The molecule has 0 bridgehead atoms. The van der Waals surface area contributed by atoms with Crippen molar-refractivity contribution in [3.63, 3.8) is 0 Å². The molecule has 0 spiro atoms. The fourth-order valence-corrected chi connectivity index (χ4v) is 3.07. The number of carbonyl (C=O) groups is 1. The van der Waals surface area contributed by atoms with Gasteiger partial charge in [0.1, 0.15) is 0 Å². The van der Waals surface area contributed by atoms with Crippen LogP contribution in [-0.4, -0.2) is 36.1 Å². The zero-order valence-electron chi connectivity index (χ0n) is 14.1. The second kappa shape index (κ2) is 7.81. The molecule has 0 saturated carbocycles. The number of para-hydroxylation sites is 1. The van der Waals surface area contributed by atoms with E-state index in [1.807, 2.05) is 19.2 Å². The Labute approximate surface area is 143 Å². The summed E-state index contributed by atoms with van der Waals surface area (Å²) in [6.07, 6.45) is 7.13. The van der Waals surface area contributed by atoms with Crippen LogP contribution in [0.15, 0.2) is 48.8 Å². The summed E-state index contributed by atoms with van der Waals surface area (Å²) in [5, 5.41) is 2.87. The summed E-state index contributed by atoms with van der Waals surface area (Å²) in [6.45, 7) is 2.78. The van der Waals surface area contributed by atoms with Gasteiger partial charge in [0.2, 0.25) is 0 Å². The van der Waals surface area contributed by atoms with Gasteiger partial charge >= 0.3 is 6.03 Å². The number of amides is 2. The van der Waals surface area contributed by atoms with Crippen LogP contribution < -0.4 is 10.2 Å². The van der Waals surface area contributed by atoms with Gasteiger partial charge in [0.15, 0.2) is 0 Å². The summed E-state index contributed by atoms with van der Waals surface area (Å²) in [4.78, 5) is 20.5. The SMILES string of the molecule is CN(Cc1ccccc1N1CCCCC1)C(=O)Nc1cccnc1. The Morgan fingerprint density at radius 3 is 2.71 bits per heavy atom. The fourth-order valence-electron chi connectivity index (χ4n) is 3.07. The lowest BCUT2D eigenvalue weighted by molar-refractivity contribution is 0.220. The first-order valence-electron chi connectivity index (χ1n) is 8.49. The minimum absolute atomic E-state index is 0.128. The maximum absolute atomic E-state index is 12.4. The highest BCUT2D eigenvalue weighted by Crippen LogP contribution is 2.25. The standard InChI is InChI=1S/C19H24N4O/c1-22(19(24)21-17-9-7-11-20-14-17)15-16-8-3-4-10-18(16)23-12-5-2-6-13-23/h3-4,7-11,14H,2,5-6,12-13,15H2,1H3,(H,21,24). The lowest BCUT2D eigenvalue weighted by Crippen LogP contribution is -2.33. The quantitative estimate of drug-likeness (QED) is 0.932. The van der Waals surface area contributed by atoms with Crippen LogP contribution in [0.2, 0.25) is 0 Å². The van der Waals surface area contributed by atoms with Crippen molar-refractivity contribution in [2.24, 2.45) is 0 Å². The molecule has 1 aliphatic heterocycles. The average molecular weight is 324 g/mol. The Morgan fingerprint density at radius 1 is 1.17 bits per heavy atom. The minimum atomic E-state index is -0.128. The lowest BCUT2D eigenvalue weighted by atomic mass is 10.1. The molecule has 3 rings (SSSR count). The Bertz CT molecular complexity index is 668. The summed E-state index contributed by atoms with van der Waals surface area (Å²) in [5.74, 6) is 0. The minimum Gasteiger partial charge on any atom is -0.371 e. The second-order valence-corrected chi connectivity index (χ2v) is 6.20. The van der Waals surface area contributed by atoms with Crippen molar-refractivity contribution in [3.05, 3.63) is 54.4 Å². The number of rotatable bonds is 4. The molecular formula is C19H24N4O. The predicted octanol–water partition coefficient (Wildman–Crippen LogP) is 3.74. The van der Waals surface area contributed by atoms with Crippen LogP contribution >= 0.6 is 0 Å². The summed E-state index contributed by atoms with van der Waals surface area (Å²) in [5.41, 5.74) is 3.14. The fraction of sp³-hybridized carbons (Fsp3) is 0.368. The smallest absolute Gasteiger partial charge is 0.321 e. The third kappa shape index (κ3) is 4.04. The molecule has 126 valence electrons. The van der Waals surface area contributed by atoms with Crippen molar-refractivity contribution in [2.45, 2.75) is 25.8 Å². The highest BCUT2D eigenvalue weighted by molar-refractivity contribution is 5.88. The van der Waals surface area contributed by atoms with E-state index >= 15 is 0 Å². The highest BCUT2D eigenvalue weighted by atomic mass is 16.2. The number of urea groups is 1. The topological polar surface area (TPSA) is 48.5 Å². The van der Waals surface area contributed by atoms with Crippen LogP contribution in [0.4, 0.5) is 16.2 Å². The molecule has 1 aliphatic rings. The Balaban J connectivity index is 1.67. The first-order valence-corrected chi connectivity index (χ1v) is 8.49. The van der Waals surface area contributed by atoms with E-state index in [1.165, 1.54) is 30.5 Å². The van der Waals surface area contributed by atoms with E-state index in [2.05, 4.69) is 33.4 Å². The number of piperidine rings is 1. The molecule has 2 aromatic rings. The monoisotopic (exact) mass is 324 g/mol. The van der Waals surface area contributed by atoms with E-state index in [0.29, 0.717) is 12.2 Å². The van der Waals surface area contributed by atoms with Gasteiger partial charge in [-0.15, -0.1) is 0 Å². The molecular weight excluding hydrogens is 300 g/mol. The average Bonchev–Trinajstić information content (AvgIpc) is 2.63. The van der Waals surface area contributed by atoms with Crippen molar-refractivity contribution < 1.29 is 4.79 Å². The van der Waals surface area contributed by atoms with E-state index in [-0.39, 0.29) is 6.03 Å². The Kier molecular flexibility index (Phi) is 5.31. The van der Waals surface area contributed by atoms with E-state index < -0.39 is 0 Å². The lowest BCUT2D eigenvalue weighted by Gasteiger charge is -2.31. The third-order valence-electron chi connectivity index (χ3n) is 4.36. The molecule has 5 nitrogen and oxygen atoms in total. The van der Waals surface area contributed by atoms with Crippen LogP contribution in [0.3, 0.4) is 0 Å². The molecule has 0 aliphatic carbocycles. The molecule has 2 heterocycles. The molecule has 1 fully saturated rings. The van der Waals surface area contributed by atoms with Gasteiger partial charge in [-0.3, -0.25) is 4.98 Å². The van der Waals surface area contributed by atoms with Gasteiger partial charge in [0, 0.05) is 38.6 Å². The van der Waals surface area contributed by atoms with Gasteiger partial charge < -0.3 is 15.1 Å². The van der Waals surface area contributed by atoms with E-state index in [9.17, 15) is 4.79 Å². The van der Waals surface area contributed by atoms with Gasteiger partial charge in [0.25, 0.3) is 0 Å². The maximum atomic E-state index is 12.4. The summed E-state index contributed by atoms with van der Waals surface area (Å²) >= 11 is 0. The molecule has 0 atom stereocenters. The number of hydrogen-bond acceptors (Lipinski definition) is 3. The number of benzene rings is 1. The van der Waals surface area contributed by atoms with Crippen molar-refractivity contribution in [3.8, 4) is 0 Å². The molecule has 5 heteroatoms. The normalized spacial score (nSPS) is 14.3. The van der Waals surface area contributed by atoms with Gasteiger partial charge in [-0.25, -0.2) is 4.79 Å². The first-order chi connectivity index (χ1) is 11.7. The molecule has 0 radical (unpaired) electrons. The first kappa shape index (κ1) is 16.3. The molecule has 1 N–H and O–H groups in total. The predicted molar refractivity (Wildman–Crippen MR) is 97.2 cm³/mol. The molecule has 1 aromatic carbocycles. The Morgan fingerprint density at radius 2 is 1.96 bits per heavy atom. The van der Waals surface area contributed by atoms with Crippen LogP contribution in [0.1, 0.15) is 24.8 Å². The van der Waals surface area contributed by atoms with Gasteiger partial charge in [0.05, 0.1) is 11.9 Å². The van der Waals surface area contributed by atoms with Gasteiger partial charge in [-0.05, 0) is 43.0 Å². The highest BCUT2D eigenvalue weighted by Gasteiger charge is 2.16. The zero-order valence-corrected chi connectivity index (χ0v) is 14.1.